The fourth-order valence-corrected chi connectivity index (χ4v) is 2.44. The molecule has 106 valence electrons. The van der Waals surface area contributed by atoms with Gasteiger partial charge in [-0.05, 0) is 32.8 Å². The third-order valence-electron chi connectivity index (χ3n) is 3.19. The van der Waals surface area contributed by atoms with Crippen LogP contribution in [0.25, 0.3) is 0 Å². The first-order valence-corrected chi connectivity index (χ1v) is 7.28. The largest absolute Gasteiger partial charge is 0.370 e. The summed E-state index contributed by atoms with van der Waals surface area (Å²) in [6, 6.07) is 8.65. The minimum absolute atomic E-state index is 0.786. The maximum Gasteiger partial charge on any atom is 0.135 e. The van der Waals surface area contributed by atoms with Gasteiger partial charge >= 0.3 is 0 Å². The van der Waals surface area contributed by atoms with Crippen LogP contribution in [0.3, 0.4) is 0 Å². The van der Waals surface area contributed by atoms with Crippen molar-refractivity contribution in [2.75, 3.05) is 11.9 Å². The van der Waals surface area contributed by atoms with Crippen molar-refractivity contribution in [3.8, 4) is 0 Å². The third kappa shape index (κ3) is 3.80. The Morgan fingerprint density at radius 1 is 0.950 bits per heavy atom. The number of rotatable bonds is 5. The topological polar surface area (TPSA) is 37.8 Å². The molecular weight excluding hydrogens is 246 g/mol. The molecule has 2 aromatic rings. The normalized spacial score (nSPS) is 10.6. The molecule has 20 heavy (non-hydrogen) atoms. The van der Waals surface area contributed by atoms with E-state index in [0.29, 0.717) is 0 Å². The van der Waals surface area contributed by atoms with Crippen LogP contribution in [0.15, 0.2) is 24.3 Å². The standard InChI is InChI=1S/C17H23N3/c1-5-15-11-16(18-6-2)20-17(19-15)10-14-8-12(3)7-13(4)9-14/h7-9,11H,5-6,10H2,1-4H3,(H,18,19,20). The van der Waals surface area contributed by atoms with Gasteiger partial charge in [0, 0.05) is 24.7 Å². The summed E-state index contributed by atoms with van der Waals surface area (Å²) < 4.78 is 0. The minimum atomic E-state index is 0.786. The molecule has 0 saturated carbocycles. The van der Waals surface area contributed by atoms with Crippen LogP contribution in [0.5, 0.6) is 0 Å². The van der Waals surface area contributed by atoms with Crippen molar-refractivity contribution in [1.29, 1.82) is 0 Å². The number of aryl methyl sites for hydroxylation is 3. The number of anilines is 1. The van der Waals surface area contributed by atoms with Crippen LogP contribution >= 0.6 is 0 Å². The maximum absolute atomic E-state index is 4.64. The summed E-state index contributed by atoms with van der Waals surface area (Å²) in [4.78, 5) is 9.24. The molecule has 0 fully saturated rings. The van der Waals surface area contributed by atoms with E-state index in [0.717, 1.165) is 36.7 Å². The first kappa shape index (κ1) is 14.5. The molecule has 0 atom stereocenters. The molecule has 0 radical (unpaired) electrons. The van der Waals surface area contributed by atoms with Crippen molar-refractivity contribution in [3.63, 3.8) is 0 Å². The molecule has 3 heteroatoms. The minimum Gasteiger partial charge on any atom is -0.370 e. The molecule has 0 aliphatic carbocycles. The van der Waals surface area contributed by atoms with Gasteiger partial charge < -0.3 is 5.32 Å². The number of nitrogens with zero attached hydrogens (tertiary/aromatic N) is 2. The van der Waals surface area contributed by atoms with Crippen LogP contribution in [0.2, 0.25) is 0 Å². The Hall–Kier alpha value is -1.90. The Balaban J connectivity index is 2.29. The molecule has 3 nitrogen and oxygen atoms in total. The molecule has 1 aromatic heterocycles. The molecule has 1 heterocycles. The van der Waals surface area contributed by atoms with E-state index in [9.17, 15) is 0 Å². The highest BCUT2D eigenvalue weighted by Crippen LogP contribution is 2.14. The van der Waals surface area contributed by atoms with Gasteiger partial charge in [0.05, 0.1) is 0 Å². The predicted octanol–water partition coefficient (Wildman–Crippen LogP) is 3.68. The van der Waals surface area contributed by atoms with E-state index in [1.807, 2.05) is 6.07 Å². The number of benzene rings is 1. The zero-order valence-electron chi connectivity index (χ0n) is 12.8. The summed E-state index contributed by atoms with van der Waals surface area (Å²) >= 11 is 0. The van der Waals surface area contributed by atoms with Crippen LogP contribution in [0, 0.1) is 13.8 Å². The lowest BCUT2D eigenvalue weighted by Crippen LogP contribution is -2.06. The molecule has 0 aliphatic rings. The van der Waals surface area contributed by atoms with E-state index < -0.39 is 0 Å². The first-order chi connectivity index (χ1) is 9.60. The quantitative estimate of drug-likeness (QED) is 0.899. The lowest BCUT2D eigenvalue weighted by molar-refractivity contribution is 0.902. The lowest BCUT2D eigenvalue weighted by Gasteiger charge is -2.09. The number of nitrogens with one attached hydrogen (secondary N) is 1. The van der Waals surface area contributed by atoms with Crippen molar-refractivity contribution >= 4 is 5.82 Å². The Morgan fingerprint density at radius 2 is 1.65 bits per heavy atom. The Labute approximate surface area is 121 Å². The summed E-state index contributed by atoms with van der Waals surface area (Å²) in [6.45, 7) is 9.34. The average molecular weight is 269 g/mol. The summed E-state index contributed by atoms with van der Waals surface area (Å²) in [5.41, 5.74) is 4.95. The van der Waals surface area contributed by atoms with Crippen LogP contribution in [0.4, 0.5) is 5.82 Å². The first-order valence-electron chi connectivity index (χ1n) is 7.28. The Morgan fingerprint density at radius 3 is 2.25 bits per heavy atom. The highest BCUT2D eigenvalue weighted by Gasteiger charge is 2.05. The summed E-state index contributed by atoms with van der Waals surface area (Å²) in [5.74, 6) is 1.82. The van der Waals surface area contributed by atoms with Gasteiger partial charge in [-0.15, -0.1) is 0 Å². The second-order valence-electron chi connectivity index (χ2n) is 5.22. The zero-order chi connectivity index (χ0) is 14.5. The molecule has 0 saturated heterocycles. The van der Waals surface area contributed by atoms with Gasteiger partial charge in [0.2, 0.25) is 0 Å². The highest BCUT2D eigenvalue weighted by molar-refractivity contribution is 5.37. The Bertz CT molecular complexity index is 571. The smallest absolute Gasteiger partial charge is 0.135 e. The monoisotopic (exact) mass is 269 g/mol. The summed E-state index contributed by atoms with van der Waals surface area (Å²) in [7, 11) is 0. The summed E-state index contributed by atoms with van der Waals surface area (Å²) in [6.07, 6.45) is 1.72. The number of hydrogen-bond acceptors (Lipinski definition) is 3. The second kappa shape index (κ2) is 6.51. The number of hydrogen-bond donors (Lipinski definition) is 1. The molecule has 0 spiro atoms. The van der Waals surface area contributed by atoms with E-state index in [1.165, 1.54) is 16.7 Å². The fraction of sp³-hybridized carbons (Fsp3) is 0.412. The van der Waals surface area contributed by atoms with Gasteiger partial charge in [-0.25, -0.2) is 9.97 Å². The van der Waals surface area contributed by atoms with Crippen molar-refractivity contribution in [1.82, 2.24) is 9.97 Å². The zero-order valence-corrected chi connectivity index (χ0v) is 12.8. The maximum atomic E-state index is 4.64. The molecule has 0 amide bonds. The van der Waals surface area contributed by atoms with Crippen LogP contribution in [-0.2, 0) is 12.8 Å². The van der Waals surface area contributed by atoms with Gasteiger partial charge in [-0.2, -0.15) is 0 Å². The van der Waals surface area contributed by atoms with E-state index in [4.69, 9.17) is 0 Å². The SMILES string of the molecule is CCNc1cc(CC)nc(Cc2cc(C)cc(C)c2)n1. The van der Waals surface area contributed by atoms with E-state index in [1.54, 1.807) is 0 Å². The lowest BCUT2D eigenvalue weighted by atomic mass is 10.0. The van der Waals surface area contributed by atoms with Crippen LogP contribution in [-0.4, -0.2) is 16.5 Å². The molecule has 2 rings (SSSR count). The predicted molar refractivity (Wildman–Crippen MR) is 84.3 cm³/mol. The van der Waals surface area contributed by atoms with Crippen LogP contribution in [0.1, 0.15) is 42.1 Å². The van der Waals surface area contributed by atoms with Gasteiger partial charge in [0.25, 0.3) is 0 Å². The highest BCUT2D eigenvalue weighted by atomic mass is 15.0. The molecule has 1 N–H and O–H groups in total. The average Bonchev–Trinajstić information content (AvgIpc) is 2.37. The van der Waals surface area contributed by atoms with E-state index >= 15 is 0 Å². The molecule has 0 aliphatic heterocycles. The van der Waals surface area contributed by atoms with Crippen LogP contribution < -0.4 is 5.32 Å². The van der Waals surface area contributed by atoms with Crippen molar-refractivity contribution in [2.24, 2.45) is 0 Å². The fourth-order valence-electron chi connectivity index (χ4n) is 2.44. The van der Waals surface area contributed by atoms with Gasteiger partial charge in [-0.3, -0.25) is 0 Å². The molecular formula is C17H23N3. The number of aromatic nitrogens is 2. The Kier molecular flexibility index (Phi) is 4.72. The van der Waals surface area contributed by atoms with Crippen molar-refractivity contribution in [2.45, 2.75) is 40.5 Å². The van der Waals surface area contributed by atoms with Gasteiger partial charge in [-0.1, -0.05) is 36.2 Å². The van der Waals surface area contributed by atoms with Crippen molar-refractivity contribution in [3.05, 3.63) is 52.5 Å². The van der Waals surface area contributed by atoms with E-state index in [2.05, 4.69) is 61.2 Å². The van der Waals surface area contributed by atoms with Gasteiger partial charge in [0.15, 0.2) is 0 Å². The molecule has 0 unspecified atom stereocenters. The van der Waals surface area contributed by atoms with Gasteiger partial charge in [0.1, 0.15) is 11.6 Å². The third-order valence-corrected chi connectivity index (χ3v) is 3.19. The van der Waals surface area contributed by atoms with E-state index in [-0.39, 0.29) is 0 Å². The second-order valence-corrected chi connectivity index (χ2v) is 5.22. The molecule has 0 bridgehead atoms. The summed E-state index contributed by atoms with van der Waals surface area (Å²) in [5, 5.41) is 3.28. The molecule has 1 aromatic carbocycles. The van der Waals surface area contributed by atoms with Crippen molar-refractivity contribution < 1.29 is 0 Å².